The molecule has 4 amide bonds. The van der Waals surface area contributed by atoms with Crippen LogP contribution >= 0.6 is 0 Å². The number of carbonyl (C=O) groups excluding carboxylic acids is 3. The maximum Gasteiger partial charge on any atom is 0.320 e. The first-order valence-corrected chi connectivity index (χ1v) is 14.3. The lowest BCUT2D eigenvalue weighted by Gasteiger charge is -2.53. The minimum Gasteiger partial charge on any atom is -0.356 e. The van der Waals surface area contributed by atoms with E-state index in [1.54, 1.807) is 0 Å². The van der Waals surface area contributed by atoms with Crippen molar-refractivity contribution in [1.29, 1.82) is 0 Å². The molecule has 0 spiro atoms. The van der Waals surface area contributed by atoms with Crippen LogP contribution in [0.1, 0.15) is 64.7 Å². The average molecular weight is 488 g/mol. The molecule has 0 aromatic rings. The molecule has 5 aliphatic rings. The van der Waals surface area contributed by atoms with Gasteiger partial charge in [0.05, 0.1) is 0 Å². The van der Waals surface area contributed by atoms with Gasteiger partial charge in [-0.3, -0.25) is 9.59 Å². The second kappa shape index (κ2) is 11.1. The number of rotatable bonds is 5. The predicted molar refractivity (Wildman–Crippen MR) is 135 cm³/mol. The minimum absolute atomic E-state index is 0.0311. The van der Waals surface area contributed by atoms with Gasteiger partial charge >= 0.3 is 6.03 Å². The summed E-state index contributed by atoms with van der Waals surface area (Å²) in [6, 6.07) is 0.476. The van der Waals surface area contributed by atoms with Crippen molar-refractivity contribution in [3.05, 3.63) is 0 Å². The number of hydrogen-bond acceptors (Lipinski definition) is 4. The molecular weight excluding hydrogens is 442 g/mol. The van der Waals surface area contributed by atoms with Crippen LogP contribution in [0, 0.1) is 23.7 Å². The molecule has 5 saturated heterocycles. The predicted octanol–water partition coefficient (Wildman–Crippen LogP) is 2.39. The first kappa shape index (κ1) is 24.8. The largest absolute Gasteiger partial charge is 0.356 e. The van der Waals surface area contributed by atoms with Crippen LogP contribution in [0.3, 0.4) is 0 Å². The normalized spacial score (nSPS) is 30.8. The highest BCUT2D eigenvalue weighted by atomic mass is 16.2. The molecule has 8 nitrogen and oxygen atoms in total. The van der Waals surface area contributed by atoms with Crippen molar-refractivity contribution in [1.82, 2.24) is 24.9 Å². The highest BCUT2D eigenvalue weighted by molar-refractivity contribution is 5.80. The van der Waals surface area contributed by atoms with E-state index in [4.69, 9.17) is 0 Å². The Balaban J connectivity index is 1.03. The van der Waals surface area contributed by atoms with E-state index in [0.29, 0.717) is 43.3 Å². The zero-order valence-corrected chi connectivity index (χ0v) is 21.6. The summed E-state index contributed by atoms with van der Waals surface area (Å²) in [5.41, 5.74) is 0. The Hall–Kier alpha value is -1.83. The molecule has 5 aliphatic heterocycles. The smallest absolute Gasteiger partial charge is 0.320 e. The van der Waals surface area contributed by atoms with Gasteiger partial charge in [-0.2, -0.15) is 0 Å². The molecule has 5 heterocycles. The molecule has 0 saturated carbocycles. The fourth-order valence-electron chi connectivity index (χ4n) is 7.43. The van der Waals surface area contributed by atoms with Gasteiger partial charge < -0.3 is 24.9 Å². The summed E-state index contributed by atoms with van der Waals surface area (Å²) >= 11 is 0. The van der Waals surface area contributed by atoms with E-state index in [1.165, 1.54) is 25.9 Å². The van der Waals surface area contributed by atoms with Crippen molar-refractivity contribution in [2.75, 3.05) is 58.9 Å². The van der Waals surface area contributed by atoms with Crippen molar-refractivity contribution in [2.45, 2.75) is 70.8 Å². The fraction of sp³-hybridized carbons (Fsp3) is 0.889. The Morgan fingerprint density at radius 2 is 1.71 bits per heavy atom. The molecule has 0 radical (unpaired) electrons. The van der Waals surface area contributed by atoms with E-state index in [-0.39, 0.29) is 17.9 Å². The summed E-state index contributed by atoms with van der Waals surface area (Å²) in [5, 5.41) is 3.19. The third-order valence-corrected chi connectivity index (χ3v) is 9.59. The molecule has 5 rings (SSSR count). The second-order valence-corrected chi connectivity index (χ2v) is 11.8. The molecule has 35 heavy (non-hydrogen) atoms. The van der Waals surface area contributed by atoms with E-state index in [0.717, 1.165) is 77.2 Å². The first-order chi connectivity index (χ1) is 17.0. The standard InChI is InChI=1S/C27H45N5O3/c1-2-29-12-7-20(8-13-29)6-11-28-26(34)22-9-14-30(15-10-22)27(35)31-17-21-16-23(19-31)24-4-3-5-25(33)32(24)18-21/h20-24H,2-19H2,1H3,(H,28,34)/t21?,23?,24-/m1/s1. The first-order valence-electron chi connectivity index (χ1n) is 14.3. The van der Waals surface area contributed by atoms with Gasteiger partial charge in [0.1, 0.15) is 0 Å². The monoisotopic (exact) mass is 487 g/mol. The Morgan fingerprint density at radius 3 is 2.46 bits per heavy atom. The molecule has 1 N–H and O–H groups in total. The topological polar surface area (TPSA) is 76.2 Å². The van der Waals surface area contributed by atoms with Gasteiger partial charge in [-0.25, -0.2) is 4.79 Å². The summed E-state index contributed by atoms with van der Waals surface area (Å²) in [6.45, 7) is 10.3. The molecule has 8 heteroatoms. The molecule has 0 aromatic heterocycles. The van der Waals surface area contributed by atoms with Crippen LogP contribution in [0.5, 0.6) is 0 Å². The zero-order chi connectivity index (χ0) is 24.4. The van der Waals surface area contributed by atoms with E-state index in [2.05, 4.69) is 26.9 Å². The summed E-state index contributed by atoms with van der Waals surface area (Å²) in [5.74, 6) is 2.10. The Labute approximate surface area is 210 Å². The lowest BCUT2D eigenvalue weighted by atomic mass is 9.76. The van der Waals surface area contributed by atoms with E-state index >= 15 is 0 Å². The maximum absolute atomic E-state index is 13.3. The molecule has 196 valence electrons. The number of likely N-dealkylation sites (tertiary alicyclic amines) is 3. The van der Waals surface area contributed by atoms with Crippen molar-refractivity contribution in [2.24, 2.45) is 23.7 Å². The van der Waals surface area contributed by atoms with Crippen LogP contribution in [0.4, 0.5) is 4.79 Å². The van der Waals surface area contributed by atoms with E-state index in [1.807, 2.05) is 4.90 Å². The number of piperidine rings is 5. The number of carbonyl (C=O) groups is 3. The van der Waals surface area contributed by atoms with Crippen molar-refractivity contribution in [3.63, 3.8) is 0 Å². The van der Waals surface area contributed by atoms with Gasteiger partial charge in [0, 0.05) is 57.6 Å². The van der Waals surface area contributed by atoms with Gasteiger partial charge in [-0.1, -0.05) is 6.92 Å². The summed E-state index contributed by atoms with van der Waals surface area (Å²) in [7, 11) is 0. The summed E-state index contributed by atoms with van der Waals surface area (Å²) < 4.78 is 0. The van der Waals surface area contributed by atoms with Crippen molar-refractivity contribution < 1.29 is 14.4 Å². The van der Waals surface area contributed by atoms with E-state index < -0.39 is 0 Å². The summed E-state index contributed by atoms with van der Waals surface area (Å²) in [4.78, 5) is 47.1. The number of fused-ring (bicyclic) bond motifs is 4. The Bertz CT molecular complexity index is 775. The zero-order valence-electron chi connectivity index (χ0n) is 21.6. The number of nitrogens with one attached hydrogen (secondary N) is 1. The van der Waals surface area contributed by atoms with Crippen LogP contribution in [-0.2, 0) is 9.59 Å². The van der Waals surface area contributed by atoms with Crippen LogP contribution in [-0.4, -0.2) is 102 Å². The van der Waals surface area contributed by atoms with Gasteiger partial charge in [0.2, 0.25) is 11.8 Å². The maximum atomic E-state index is 13.3. The lowest BCUT2D eigenvalue weighted by Crippen LogP contribution is -2.62. The average Bonchev–Trinajstić information content (AvgIpc) is 2.89. The number of amides is 4. The molecule has 0 aliphatic carbocycles. The second-order valence-electron chi connectivity index (χ2n) is 11.8. The highest BCUT2D eigenvalue weighted by Gasteiger charge is 2.45. The summed E-state index contributed by atoms with van der Waals surface area (Å²) in [6.07, 6.45) is 9.02. The molecule has 5 fully saturated rings. The third kappa shape index (κ3) is 5.62. The Kier molecular flexibility index (Phi) is 7.85. The van der Waals surface area contributed by atoms with Gasteiger partial charge in [0.15, 0.2) is 0 Å². The molecular formula is C27H45N5O3. The highest BCUT2D eigenvalue weighted by Crippen LogP contribution is 2.38. The van der Waals surface area contributed by atoms with Crippen LogP contribution < -0.4 is 5.32 Å². The Morgan fingerprint density at radius 1 is 0.943 bits per heavy atom. The molecule has 2 unspecified atom stereocenters. The third-order valence-electron chi connectivity index (χ3n) is 9.59. The van der Waals surface area contributed by atoms with Crippen LogP contribution in [0.25, 0.3) is 0 Å². The molecule has 3 atom stereocenters. The quantitative estimate of drug-likeness (QED) is 0.646. The van der Waals surface area contributed by atoms with Gasteiger partial charge in [0.25, 0.3) is 0 Å². The van der Waals surface area contributed by atoms with Gasteiger partial charge in [-0.05, 0) is 88.8 Å². The lowest BCUT2D eigenvalue weighted by molar-refractivity contribution is -0.144. The SMILES string of the molecule is CCN1CCC(CCNC(=O)C2CCN(C(=O)N3CC4CC(C3)[C@H]3CCCC(=O)N3C4)CC2)CC1. The number of hydrogen-bond donors (Lipinski definition) is 1. The van der Waals surface area contributed by atoms with Crippen LogP contribution in [0.2, 0.25) is 0 Å². The van der Waals surface area contributed by atoms with Crippen molar-refractivity contribution >= 4 is 17.8 Å². The number of nitrogens with zero attached hydrogens (tertiary/aromatic N) is 4. The molecule has 0 aromatic carbocycles. The molecule has 2 bridgehead atoms. The van der Waals surface area contributed by atoms with Crippen LogP contribution in [0.15, 0.2) is 0 Å². The van der Waals surface area contributed by atoms with Gasteiger partial charge in [-0.15, -0.1) is 0 Å². The minimum atomic E-state index is 0.0311. The fourth-order valence-corrected chi connectivity index (χ4v) is 7.43. The number of urea groups is 1. The van der Waals surface area contributed by atoms with Crippen molar-refractivity contribution in [3.8, 4) is 0 Å². The van der Waals surface area contributed by atoms with E-state index in [9.17, 15) is 14.4 Å².